The van der Waals surface area contributed by atoms with Crippen molar-refractivity contribution in [3.63, 3.8) is 0 Å². The van der Waals surface area contributed by atoms with Crippen LogP contribution in [0.3, 0.4) is 0 Å². The highest BCUT2D eigenvalue weighted by Gasteiger charge is 2.41. The number of rotatable bonds is 4. The first-order valence-corrected chi connectivity index (χ1v) is 10.1. The van der Waals surface area contributed by atoms with Gasteiger partial charge >= 0.3 is 0 Å². The van der Waals surface area contributed by atoms with Gasteiger partial charge in [0, 0.05) is 37.1 Å². The lowest BCUT2D eigenvalue weighted by Crippen LogP contribution is -2.46. The van der Waals surface area contributed by atoms with Gasteiger partial charge in [0.05, 0.1) is 11.3 Å². The van der Waals surface area contributed by atoms with E-state index in [1.165, 1.54) is 5.56 Å². The van der Waals surface area contributed by atoms with Crippen molar-refractivity contribution in [1.29, 1.82) is 5.26 Å². The van der Waals surface area contributed by atoms with Crippen molar-refractivity contribution < 1.29 is 4.79 Å². The van der Waals surface area contributed by atoms with Gasteiger partial charge in [-0.1, -0.05) is 30.3 Å². The number of nitriles is 1. The molecule has 1 saturated heterocycles. The average Bonchev–Trinajstić information content (AvgIpc) is 3.44. The van der Waals surface area contributed by atoms with Gasteiger partial charge in [-0.15, -0.1) is 11.3 Å². The largest absolute Gasteiger partial charge is 0.365 e. The Labute approximate surface area is 167 Å². The van der Waals surface area contributed by atoms with Crippen LogP contribution in [0, 0.1) is 11.3 Å². The van der Waals surface area contributed by atoms with E-state index in [4.69, 9.17) is 10.2 Å². The summed E-state index contributed by atoms with van der Waals surface area (Å²) in [6, 6.07) is 14.1. The van der Waals surface area contributed by atoms with Gasteiger partial charge < -0.3 is 15.2 Å². The Balaban J connectivity index is 1.60. The molecular formula is C21H21N5OS. The number of hydrogen-bond donors (Lipinski definition) is 2. The number of amides is 1. The predicted molar refractivity (Wildman–Crippen MR) is 110 cm³/mol. The van der Waals surface area contributed by atoms with Crippen LogP contribution in [0.1, 0.15) is 40.2 Å². The maximum Gasteiger partial charge on any atom is 0.270 e. The monoisotopic (exact) mass is 391 g/mol. The number of aromatic amines is 1. The van der Waals surface area contributed by atoms with E-state index in [0.717, 1.165) is 23.7 Å². The first kappa shape index (κ1) is 18.3. The summed E-state index contributed by atoms with van der Waals surface area (Å²) in [6.45, 7) is 1.28. The second-order valence-electron chi connectivity index (χ2n) is 6.94. The van der Waals surface area contributed by atoms with E-state index in [9.17, 15) is 4.79 Å². The molecule has 2 aromatic heterocycles. The van der Waals surface area contributed by atoms with E-state index in [-0.39, 0.29) is 11.3 Å². The van der Waals surface area contributed by atoms with Crippen molar-refractivity contribution in [2.45, 2.75) is 18.3 Å². The molecule has 1 fully saturated rings. The predicted octanol–water partition coefficient (Wildman–Crippen LogP) is 3.61. The number of aromatic nitrogens is 2. The minimum atomic E-state index is -0.197. The molecule has 1 aliphatic heterocycles. The molecule has 1 amide bonds. The van der Waals surface area contributed by atoms with E-state index >= 15 is 0 Å². The number of carbonyl (C=O) groups is 1. The third-order valence-corrected chi connectivity index (χ3v) is 6.34. The zero-order chi connectivity index (χ0) is 19.6. The van der Waals surface area contributed by atoms with Crippen molar-refractivity contribution >= 4 is 22.4 Å². The van der Waals surface area contributed by atoms with Gasteiger partial charge in [0.15, 0.2) is 5.13 Å². The fourth-order valence-electron chi connectivity index (χ4n) is 3.90. The van der Waals surface area contributed by atoms with Crippen LogP contribution in [0.4, 0.5) is 5.13 Å². The van der Waals surface area contributed by atoms with Gasteiger partial charge in [-0.05, 0) is 24.5 Å². The molecule has 0 unspecified atom stereocenters. The number of nitrogens with one attached hydrogen (secondary N) is 2. The maximum absolute atomic E-state index is 12.8. The smallest absolute Gasteiger partial charge is 0.270 e. The molecular weight excluding hydrogens is 370 g/mol. The van der Waals surface area contributed by atoms with Gasteiger partial charge in [-0.25, -0.2) is 4.98 Å². The highest BCUT2D eigenvalue weighted by Crippen LogP contribution is 2.42. The fourth-order valence-corrected chi connectivity index (χ4v) is 4.67. The molecule has 4 rings (SSSR count). The Hall–Kier alpha value is -3.11. The summed E-state index contributed by atoms with van der Waals surface area (Å²) in [7, 11) is 1.88. The number of piperidine rings is 1. The molecule has 0 bridgehead atoms. The lowest BCUT2D eigenvalue weighted by atomic mass is 9.70. The number of H-pyrrole nitrogens is 1. The van der Waals surface area contributed by atoms with Crippen molar-refractivity contribution in [1.82, 2.24) is 14.9 Å². The summed E-state index contributed by atoms with van der Waals surface area (Å²) >= 11 is 1.61. The SMILES string of the molecule is CNc1nc(C2(c3ccccc3)CCN(C(=O)c3cc(C#N)c[nH]3)CC2)cs1. The highest BCUT2D eigenvalue weighted by molar-refractivity contribution is 7.13. The van der Waals surface area contributed by atoms with E-state index in [2.05, 4.69) is 46.0 Å². The van der Waals surface area contributed by atoms with Crippen LogP contribution in [0.15, 0.2) is 48.0 Å². The number of benzene rings is 1. The van der Waals surface area contributed by atoms with Crippen LogP contribution in [-0.2, 0) is 5.41 Å². The first-order chi connectivity index (χ1) is 13.7. The third-order valence-electron chi connectivity index (χ3n) is 5.48. The van der Waals surface area contributed by atoms with E-state index in [1.807, 2.05) is 18.0 Å². The van der Waals surface area contributed by atoms with Crippen molar-refractivity contribution in [3.05, 3.63) is 70.5 Å². The summed E-state index contributed by atoms with van der Waals surface area (Å²) in [5, 5.41) is 15.1. The summed E-state index contributed by atoms with van der Waals surface area (Å²) < 4.78 is 0. The minimum absolute atomic E-state index is 0.0580. The summed E-state index contributed by atoms with van der Waals surface area (Å²) in [6.07, 6.45) is 3.18. The Morgan fingerprint density at radius 3 is 2.68 bits per heavy atom. The number of anilines is 1. The van der Waals surface area contributed by atoms with Crippen molar-refractivity contribution in [3.8, 4) is 6.07 Å². The fraction of sp³-hybridized carbons (Fsp3) is 0.286. The Morgan fingerprint density at radius 1 is 1.32 bits per heavy atom. The van der Waals surface area contributed by atoms with Gasteiger partial charge in [-0.3, -0.25) is 4.79 Å². The number of nitrogens with zero attached hydrogens (tertiary/aromatic N) is 3. The molecule has 6 nitrogen and oxygen atoms in total. The quantitative estimate of drug-likeness (QED) is 0.712. The number of likely N-dealkylation sites (tertiary alicyclic amines) is 1. The Bertz CT molecular complexity index is 1010. The third kappa shape index (κ3) is 3.16. The van der Waals surface area contributed by atoms with Crippen molar-refractivity contribution in [2.24, 2.45) is 0 Å². The van der Waals surface area contributed by atoms with Crippen LogP contribution in [0.5, 0.6) is 0 Å². The molecule has 2 N–H and O–H groups in total. The molecule has 0 aliphatic carbocycles. The molecule has 3 heterocycles. The summed E-state index contributed by atoms with van der Waals surface area (Å²) in [5.74, 6) is -0.0580. The number of carbonyl (C=O) groups excluding carboxylic acids is 1. The lowest BCUT2D eigenvalue weighted by Gasteiger charge is -2.41. The molecule has 0 spiro atoms. The summed E-state index contributed by atoms with van der Waals surface area (Å²) in [5.41, 5.74) is 3.04. The van der Waals surface area contributed by atoms with Crippen LogP contribution < -0.4 is 5.32 Å². The van der Waals surface area contributed by atoms with E-state index in [1.54, 1.807) is 23.6 Å². The molecule has 0 atom stereocenters. The lowest BCUT2D eigenvalue weighted by molar-refractivity contribution is 0.0679. The van der Waals surface area contributed by atoms with Gasteiger partial charge in [-0.2, -0.15) is 5.26 Å². The Kier molecular flexibility index (Phi) is 4.88. The second kappa shape index (κ2) is 7.49. The normalized spacial score (nSPS) is 15.8. The zero-order valence-corrected chi connectivity index (χ0v) is 16.4. The van der Waals surface area contributed by atoms with E-state index in [0.29, 0.717) is 24.3 Å². The maximum atomic E-state index is 12.8. The van der Waals surface area contributed by atoms with Crippen molar-refractivity contribution in [2.75, 3.05) is 25.5 Å². The van der Waals surface area contributed by atoms with Crippen LogP contribution in [0.2, 0.25) is 0 Å². The molecule has 0 saturated carbocycles. The molecule has 1 aromatic carbocycles. The van der Waals surface area contributed by atoms with Gasteiger partial charge in [0.2, 0.25) is 0 Å². The van der Waals surface area contributed by atoms with Crippen LogP contribution in [-0.4, -0.2) is 40.9 Å². The minimum Gasteiger partial charge on any atom is -0.365 e. The molecule has 0 radical (unpaired) electrons. The number of thiazole rings is 1. The highest BCUT2D eigenvalue weighted by atomic mass is 32.1. The first-order valence-electron chi connectivity index (χ1n) is 9.23. The molecule has 1 aliphatic rings. The second-order valence-corrected chi connectivity index (χ2v) is 7.80. The number of hydrogen-bond acceptors (Lipinski definition) is 5. The molecule has 142 valence electrons. The summed E-state index contributed by atoms with van der Waals surface area (Å²) in [4.78, 5) is 22.4. The zero-order valence-electron chi connectivity index (χ0n) is 15.6. The van der Waals surface area contributed by atoms with Gasteiger partial charge in [0.25, 0.3) is 5.91 Å². The van der Waals surface area contributed by atoms with E-state index < -0.39 is 0 Å². The molecule has 3 aromatic rings. The molecule has 28 heavy (non-hydrogen) atoms. The Morgan fingerprint density at radius 2 is 2.07 bits per heavy atom. The topological polar surface area (TPSA) is 84.8 Å². The van der Waals surface area contributed by atoms with Crippen LogP contribution >= 0.6 is 11.3 Å². The molecule has 7 heteroatoms. The van der Waals surface area contributed by atoms with Crippen LogP contribution in [0.25, 0.3) is 0 Å². The van der Waals surface area contributed by atoms with Gasteiger partial charge in [0.1, 0.15) is 11.8 Å². The standard InChI is InChI=1S/C21H21N5OS/c1-23-20-25-18(14-28-20)21(16-5-3-2-4-6-16)7-9-26(10-8-21)19(27)17-11-15(12-22)13-24-17/h2-6,11,13-14,24H,7-10H2,1H3,(H,23,25). The average molecular weight is 392 g/mol.